The van der Waals surface area contributed by atoms with E-state index in [9.17, 15) is 5.11 Å². The van der Waals surface area contributed by atoms with Crippen LogP contribution in [0.5, 0.6) is 0 Å². The smallest absolute Gasteiger partial charge is 0.0586 e. The number of thioether (sulfide) groups is 1. The Hall–Kier alpha value is -0.470. The maximum Gasteiger partial charge on any atom is 0.0586 e. The van der Waals surface area contributed by atoms with Gasteiger partial charge in [0.1, 0.15) is 0 Å². The molecular weight excluding hydrogens is 204 g/mol. The van der Waals surface area contributed by atoms with Gasteiger partial charge in [-0.05, 0) is 29.9 Å². The van der Waals surface area contributed by atoms with Gasteiger partial charge in [-0.3, -0.25) is 0 Å². The van der Waals surface area contributed by atoms with Crippen LogP contribution < -0.4 is 0 Å². The molecule has 0 aliphatic heterocycles. The molecule has 15 heavy (non-hydrogen) atoms. The van der Waals surface area contributed by atoms with Crippen molar-refractivity contribution < 1.29 is 5.11 Å². The van der Waals surface area contributed by atoms with Crippen molar-refractivity contribution in [1.29, 1.82) is 0 Å². The Morgan fingerprint density at radius 2 is 2.00 bits per heavy atom. The van der Waals surface area contributed by atoms with Crippen LogP contribution in [-0.2, 0) is 0 Å². The van der Waals surface area contributed by atoms with Crippen molar-refractivity contribution >= 4 is 11.8 Å². The van der Waals surface area contributed by atoms with E-state index < -0.39 is 0 Å². The van der Waals surface area contributed by atoms with Crippen LogP contribution in [0, 0.1) is 11.3 Å². The molecule has 0 saturated heterocycles. The van der Waals surface area contributed by atoms with Crippen LogP contribution in [0.4, 0.5) is 0 Å². The Morgan fingerprint density at radius 1 is 1.33 bits per heavy atom. The summed E-state index contributed by atoms with van der Waals surface area (Å²) in [4.78, 5) is 1.30. The summed E-state index contributed by atoms with van der Waals surface area (Å²) < 4.78 is 0. The highest BCUT2D eigenvalue weighted by Crippen LogP contribution is 2.48. The van der Waals surface area contributed by atoms with Crippen molar-refractivity contribution in [3.63, 3.8) is 0 Å². The van der Waals surface area contributed by atoms with Crippen LogP contribution in [0.15, 0.2) is 35.2 Å². The average Bonchev–Trinajstić information content (AvgIpc) is 2.18. The third-order valence-corrected chi connectivity index (χ3v) is 4.51. The Labute approximate surface area is 95.9 Å². The van der Waals surface area contributed by atoms with E-state index in [1.807, 2.05) is 17.8 Å². The van der Waals surface area contributed by atoms with Crippen molar-refractivity contribution in [2.45, 2.75) is 31.3 Å². The highest BCUT2D eigenvalue weighted by molar-refractivity contribution is 7.99. The van der Waals surface area contributed by atoms with Crippen LogP contribution in [0.3, 0.4) is 0 Å². The predicted molar refractivity (Wildman–Crippen MR) is 65.1 cm³/mol. The molecule has 1 aliphatic rings. The summed E-state index contributed by atoms with van der Waals surface area (Å²) in [6.07, 6.45) is 0.865. The molecule has 0 unspecified atom stereocenters. The first-order chi connectivity index (χ1) is 7.09. The van der Waals surface area contributed by atoms with Crippen LogP contribution in [0.1, 0.15) is 20.3 Å². The molecule has 0 spiro atoms. The zero-order valence-electron chi connectivity index (χ0n) is 9.31. The second-order valence-electron chi connectivity index (χ2n) is 4.99. The van der Waals surface area contributed by atoms with Gasteiger partial charge in [0.15, 0.2) is 0 Å². The minimum absolute atomic E-state index is 0.0868. The third kappa shape index (κ3) is 2.37. The molecule has 2 heteroatoms. The summed E-state index contributed by atoms with van der Waals surface area (Å²) in [6, 6.07) is 10.4. The van der Waals surface area contributed by atoms with Gasteiger partial charge in [-0.25, -0.2) is 0 Å². The molecule has 0 radical (unpaired) electrons. The van der Waals surface area contributed by atoms with E-state index in [-0.39, 0.29) is 6.10 Å². The van der Waals surface area contributed by atoms with Crippen LogP contribution in [0.25, 0.3) is 0 Å². The summed E-state index contributed by atoms with van der Waals surface area (Å²) >= 11 is 1.85. The predicted octanol–water partition coefficient (Wildman–Crippen LogP) is 3.19. The zero-order chi connectivity index (χ0) is 10.9. The number of hydrogen-bond acceptors (Lipinski definition) is 2. The first kappa shape index (κ1) is 11.0. The molecule has 1 nitrogen and oxygen atoms in total. The van der Waals surface area contributed by atoms with E-state index in [0.717, 1.165) is 12.2 Å². The molecule has 1 N–H and O–H groups in total. The van der Waals surface area contributed by atoms with Gasteiger partial charge in [-0.15, -0.1) is 11.8 Å². The lowest BCUT2D eigenvalue weighted by Gasteiger charge is -2.48. The normalized spacial score (nSPS) is 28.5. The van der Waals surface area contributed by atoms with E-state index in [1.54, 1.807) is 0 Å². The highest BCUT2D eigenvalue weighted by Gasteiger charge is 2.45. The van der Waals surface area contributed by atoms with Gasteiger partial charge in [-0.1, -0.05) is 32.0 Å². The molecule has 1 aromatic rings. The number of hydrogen-bond donors (Lipinski definition) is 1. The summed E-state index contributed by atoms with van der Waals surface area (Å²) in [5.74, 6) is 1.47. The topological polar surface area (TPSA) is 20.2 Å². The molecule has 1 aromatic carbocycles. The van der Waals surface area contributed by atoms with E-state index in [1.165, 1.54) is 4.90 Å². The van der Waals surface area contributed by atoms with Gasteiger partial charge < -0.3 is 5.11 Å². The lowest BCUT2D eigenvalue weighted by Crippen LogP contribution is -2.49. The van der Waals surface area contributed by atoms with E-state index >= 15 is 0 Å². The Morgan fingerprint density at radius 3 is 2.53 bits per heavy atom. The second kappa shape index (κ2) is 4.18. The molecule has 2 atom stereocenters. The molecule has 0 bridgehead atoms. The largest absolute Gasteiger partial charge is 0.393 e. The molecule has 0 aromatic heterocycles. The summed E-state index contributed by atoms with van der Waals surface area (Å²) in [5.41, 5.74) is 0.321. The van der Waals surface area contributed by atoms with Crippen molar-refractivity contribution in [2.24, 2.45) is 11.3 Å². The van der Waals surface area contributed by atoms with E-state index in [0.29, 0.717) is 11.3 Å². The molecule has 2 rings (SSSR count). The molecule has 1 aliphatic carbocycles. The first-order valence-corrected chi connectivity index (χ1v) is 6.44. The van der Waals surface area contributed by atoms with Gasteiger partial charge in [0.05, 0.1) is 6.10 Å². The second-order valence-corrected chi connectivity index (χ2v) is 6.08. The molecular formula is C13H18OS. The standard InChI is InChI=1S/C13H18OS/c1-13(2)8-12(14)11(13)9-15-10-6-4-3-5-7-10/h3-7,11-12,14H,8-9H2,1-2H3/t11-,12+/m0/s1. The Bertz CT molecular complexity index is 321. The number of aliphatic hydroxyl groups is 1. The first-order valence-electron chi connectivity index (χ1n) is 5.45. The van der Waals surface area contributed by atoms with E-state index in [4.69, 9.17) is 0 Å². The molecule has 82 valence electrons. The van der Waals surface area contributed by atoms with Gasteiger partial charge >= 0.3 is 0 Å². The maximum absolute atomic E-state index is 9.71. The van der Waals surface area contributed by atoms with Crippen LogP contribution in [0.2, 0.25) is 0 Å². The average molecular weight is 222 g/mol. The third-order valence-electron chi connectivity index (χ3n) is 3.38. The van der Waals surface area contributed by atoms with Gasteiger partial charge in [0.25, 0.3) is 0 Å². The summed E-state index contributed by atoms with van der Waals surface area (Å²) in [6.45, 7) is 4.49. The minimum Gasteiger partial charge on any atom is -0.393 e. The fraction of sp³-hybridized carbons (Fsp3) is 0.538. The Balaban J connectivity index is 1.89. The fourth-order valence-electron chi connectivity index (χ4n) is 2.23. The zero-order valence-corrected chi connectivity index (χ0v) is 10.1. The van der Waals surface area contributed by atoms with Crippen LogP contribution in [-0.4, -0.2) is 17.0 Å². The van der Waals surface area contributed by atoms with Crippen molar-refractivity contribution in [3.8, 4) is 0 Å². The van der Waals surface area contributed by atoms with Crippen molar-refractivity contribution in [2.75, 3.05) is 5.75 Å². The van der Waals surface area contributed by atoms with Gasteiger partial charge in [0.2, 0.25) is 0 Å². The van der Waals surface area contributed by atoms with Crippen molar-refractivity contribution in [3.05, 3.63) is 30.3 Å². The molecule has 0 amide bonds. The fourth-order valence-corrected chi connectivity index (χ4v) is 3.63. The highest BCUT2D eigenvalue weighted by atomic mass is 32.2. The lowest BCUT2D eigenvalue weighted by atomic mass is 9.61. The maximum atomic E-state index is 9.71. The summed E-state index contributed by atoms with van der Waals surface area (Å²) in [7, 11) is 0. The van der Waals surface area contributed by atoms with E-state index in [2.05, 4.69) is 38.1 Å². The molecule has 1 saturated carbocycles. The molecule has 0 heterocycles. The van der Waals surface area contributed by atoms with Gasteiger partial charge in [-0.2, -0.15) is 0 Å². The molecule has 1 fully saturated rings. The number of rotatable bonds is 3. The van der Waals surface area contributed by atoms with Crippen molar-refractivity contribution in [1.82, 2.24) is 0 Å². The monoisotopic (exact) mass is 222 g/mol. The Kier molecular flexibility index (Phi) is 3.08. The van der Waals surface area contributed by atoms with Crippen LogP contribution >= 0.6 is 11.8 Å². The quantitative estimate of drug-likeness (QED) is 0.793. The number of benzene rings is 1. The SMILES string of the molecule is CC1(C)C[C@@H](O)[C@@H]1CSc1ccccc1. The number of aliphatic hydroxyl groups excluding tert-OH is 1. The lowest BCUT2D eigenvalue weighted by molar-refractivity contribution is -0.0733. The van der Waals surface area contributed by atoms with Gasteiger partial charge in [0, 0.05) is 10.6 Å². The minimum atomic E-state index is -0.0868. The summed E-state index contributed by atoms with van der Waals surface area (Å²) in [5, 5.41) is 9.71.